The summed E-state index contributed by atoms with van der Waals surface area (Å²) in [6.07, 6.45) is 0.805. The zero-order valence-corrected chi connectivity index (χ0v) is 11.3. The van der Waals surface area contributed by atoms with Crippen molar-refractivity contribution < 1.29 is 24.0 Å². The van der Waals surface area contributed by atoms with E-state index >= 15 is 0 Å². The predicted molar refractivity (Wildman–Crippen MR) is 72.0 cm³/mol. The molecule has 1 N–H and O–H groups in total. The van der Waals surface area contributed by atoms with Crippen LogP contribution in [0.1, 0.15) is 6.42 Å². The summed E-state index contributed by atoms with van der Waals surface area (Å²) in [4.78, 5) is 0. The van der Waals surface area contributed by atoms with Gasteiger partial charge in [0.25, 0.3) is 0 Å². The van der Waals surface area contributed by atoms with Crippen molar-refractivity contribution in [2.75, 3.05) is 13.7 Å². The van der Waals surface area contributed by atoms with Crippen molar-refractivity contribution in [3.63, 3.8) is 0 Å². The molecule has 2 bridgehead atoms. The highest BCUT2D eigenvalue weighted by Crippen LogP contribution is 2.44. The van der Waals surface area contributed by atoms with E-state index in [1.54, 1.807) is 7.11 Å². The van der Waals surface area contributed by atoms with Crippen molar-refractivity contribution in [1.29, 1.82) is 0 Å². The third kappa shape index (κ3) is 1.87. The van der Waals surface area contributed by atoms with Crippen LogP contribution < -0.4 is 10.2 Å². The lowest BCUT2D eigenvalue weighted by molar-refractivity contribution is -0.276. The second-order valence-corrected chi connectivity index (χ2v) is 5.64. The Morgan fingerprint density at radius 1 is 1.25 bits per heavy atom. The van der Waals surface area contributed by atoms with Crippen molar-refractivity contribution in [3.8, 4) is 5.75 Å². The van der Waals surface area contributed by atoms with E-state index in [-0.39, 0.29) is 24.5 Å². The number of hydrogen-bond donors (Lipinski definition) is 1. The van der Waals surface area contributed by atoms with Crippen LogP contribution >= 0.6 is 0 Å². The highest BCUT2D eigenvalue weighted by atomic mass is 16.7. The molecule has 5 atom stereocenters. The smallest absolute Gasteiger partial charge is 0.354 e. The van der Waals surface area contributed by atoms with E-state index in [0.29, 0.717) is 12.5 Å². The maximum Gasteiger partial charge on any atom is 0.354 e. The van der Waals surface area contributed by atoms with Gasteiger partial charge in [0.05, 0.1) is 25.8 Å². The molecule has 3 heterocycles. The van der Waals surface area contributed by atoms with Gasteiger partial charge in [-0.3, -0.25) is 0 Å². The first-order valence-corrected chi connectivity index (χ1v) is 7.01. The molecule has 0 saturated carbocycles. The normalized spacial score (nSPS) is 38.0. The van der Waals surface area contributed by atoms with E-state index in [2.05, 4.69) is 0 Å². The van der Waals surface area contributed by atoms with Crippen LogP contribution in [0.3, 0.4) is 0 Å². The molecule has 106 valence electrons. The molecule has 20 heavy (non-hydrogen) atoms. The number of methoxy groups -OCH3 is 1. The summed E-state index contributed by atoms with van der Waals surface area (Å²) in [5.74, 6) is 1.10. The van der Waals surface area contributed by atoms with Crippen molar-refractivity contribution in [1.82, 2.24) is 0 Å². The standard InChI is InChI=1S/C14H17BO5/c1-17-9-4-2-8(3-5-9)15(16)13-11-6-10-7-18-14(19-10)12(11)20-13/h2-5,10-14,16H,6-7H2,1H3/t10-,11-,12+,13?,14+/m0/s1. The number of fused-ring (bicyclic) bond motifs is 4. The summed E-state index contributed by atoms with van der Waals surface area (Å²) in [5.41, 5.74) is 0.856. The number of hydrogen-bond acceptors (Lipinski definition) is 5. The molecule has 5 nitrogen and oxygen atoms in total. The Labute approximate surface area is 117 Å². The van der Waals surface area contributed by atoms with E-state index < -0.39 is 6.92 Å². The predicted octanol–water partition coefficient (Wildman–Crippen LogP) is -0.0460. The first kappa shape index (κ1) is 12.6. The maximum atomic E-state index is 10.5. The average Bonchev–Trinajstić information content (AvgIpc) is 2.87. The van der Waals surface area contributed by atoms with E-state index in [1.807, 2.05) is 24.3 Å². The summed E-state index contributed by atoms with van der Waals surface area (Å²) < 4.78 is 22.1. The summed E-state index contributed by atoms with van der Waals surface area (Å²) in [7, 11) is 1.63. The first-order chi connectivity index (χ1) is 9.76. The Bertz CT molecular complexity index is 493. The fourth-order valence-electron chi connectivity index (χ4n) is 3.38. The van der Waals surface area contributed by atoms with Gasteiger partial charge in [-0.05, 0) is 24.0 Å². The minimum atomic E-state index is -0.611. The highest BCUT2D eigenvalue weighted by molar-refractivity contribution is 6.67. The third-order valence-electron chi connectivity index (χ3n) is 4.50. The molecule has 0 radical (unpaired) electrons. The van der Waals surface area contributed by atoms with Crippen LogP contribution in [-0.4, -0.2) is 50.2 Å². The number of ether oxygens (including phenoxy) is 4. The topological polar surface area (TPSA) is 57.2 Å². The van der Waals surface area contributed by atoms with Gasteiger partial charge in [0.1, 0.15) is 11.9 Å². The molecular weight excluding hydrogens is 259 g/mol. The van der Waals surface area contributed by atoms with Crippen LogP contribution in [0.15, 0.2) is 24.3 Å². The molecule has 3 saturated heterocycles. The Kier molecular flexibility index (Phi) is 3.00. The fourth-order valence-corrected chi connectivity index (χ4v) is 3.38. The van der Waals surface area contributed by atoms with Gasteiger partial charge in [0.15, 0.2) is 6.29 Å². The molecule has 1 aromatic carbocycles. The second-order valence-electron chi connectivity index (χ2n) is 5.64. The van der Waals surface area contributed by atoms with Gasteiger partial charge in [-0.1, -0.05) is 12.1 Å². The van der Waals surface area contributed by atoms with E-state index in [4.69, 9.17) is 18.9 Å². The largest absolute Gasteiger partial charge is 0.497 e. The zero-order chi connectivity index (χ0) is 13.7. The van der Waals surface area contributed by atoms with Gasteiger partial charge in [-0.15, -0.1) is 0 Å². The van der Waals surface area contributed by atoms with Gasteiger partial charge in [-0.2, -0.15) is 0 Å². The molecule has 0 aliphatic carbocycles. The Hall–Kier alpha value is -1.08. The van der Waals surface area contributed by atoms with Crippen LogP contribution in [-0.2, 0) is 14.2 Å². The lowest BCUT2D eigenvalue weighted by atomic mass is 9.49. The van der Waals surface area contributed by atoms with Crippen molar-refractivity contribution in [3.05, 3.63) is 24.3 Å². The third-order valence-corrected chi connectivity index (χ3v) is 4.50. The lowest BCUT2D eigenvalue weighted by Crippen LogP contribution is -2.65. The quantitative estimate of drug-likeness (QED) is 0.785. The molecule has 3 aliphatic heterocycles. The SMILES string of the molecule is COc1ccc(B(O)C2O[C@H]3[C@@H]4OC[C@H](C[C@H]23)O4)cc1. The van der Waals surface area contributed by atoms with Crippen LogP contribution in [0, 0.1) is 5.92 Å². The van der Waals surface area contributed by atoms with Gasteiger partial charge in [0.2, 0.25) is 0 Å². The molecule has 0 amide bonds. The second kappa shape index (κ2) is 4.74. The van der Waals surface area contributed by atoms with Gasteiger partial charge in [-0.25, -0.2) is 0 Å². The van der Waals surface area contributed by atoms with Gasteiger partial charge in [0, 0.05) is 5.92 Å². The van der Waals surface area contributed by atoms with Crippen molar-refractivity contribution in [2.45, 2.75) is 30.9 Å². The minimum Gasteiger partial charge on any atom is -0.497 e. The Morgan fingerprint density at radius 3 is 2.80 bits per heavy atom. The molecule has 1 aromatic rings. The monoisotopic (exact) mass is 276 g/mol. The number of benzene rings is 1. The summed E-state index contributed by atoms with van der Waals surface area (Å²) in [6, 6.07) is 7.30. The fraction of sp³-hybridized carbons (Fsp3) is 0.571. The first-order valence-electron chi connectivity index (χ1n) is 7.01. The summed E-state index contributed by atoms with van der Waals surface area (Å²) in [6.45, 7) is 0.0338. The van der Waals surface area contributed by atoms with Crippen molar-refractivity contribution in [2.24, 2.45) is 5.92 Å². The van der Waals surface area contributed by atoms with Crippen LogP contribution in [0.5, 0.6) is 5.75 Å². The lowest BCUT2D eigenvalue weighted by Gasteiger charge is -2.50. The van der Waals surface area contributed by atoms with Crippen molar-refractivity contribution >= 4 is 12.4 Å². The van der Waals surface area contributed by atoms with Crippen LogP contribution in [0.2, 0.25) is 0 Å². The van der Waals surface area contributed by atoms with Gasteiger partial charge < -0.3 is 24.0 Å². The number of rotatable bonds is 3. The average molecular weight is 276 g/mol. The van der Waals surface area contributed by atoms with Gasteiger partial charge >= 0.3 is 6.92 Å². The molecule has 0 spiro atoms. The van der Waals surface area contributed by atoms with E-state index in [9.17, 15) is 5.02 Å². The zero-order valence-electron chi connectivity index (χ0n) is 11.3. The Balaban J connectivity index is 1.48. The molecule has 1 unspecified atom stereocenters. The molecule has 3 fully saturated rings. The van der Waals surface area contributed by atoms with E-state index in [1.165, 1.54) is 0 Å². The Morgan fingerprint density at radius 2 is 2.05 bits per heavy atom. The molecule has 6 heteroatoms. The molecule has 4 rings (SSSR count). The molecule has 3 aliphatic rings. The highest BCUT2D eigenvalue weighted by Gasteiger charge is 2.58. The minimum absolute atomic E-state index is 0.0216. The van der Waals surface area contributed by atoms with Crippen LogP contribution in [0.25, 0.3) is 0 Å². The maximum absolute atomic E-state index is 10.5. The van der Waals surface area contributed by atoms with E-state index in [0.717, 1.165) is 17.6 Å². The van der Waals surface area contributed by atoms with Crippen LogP contribution in [0.4, 0.5) is 0 Å². The molecular formula is C14H17BO5. The molecule has 0 aromatic heterocycles. The summed E-state index contributed by atoms with van der Waals surface area (Å²) in [5, 5.41) is 10.5. The summed E-state index contributed by atoms with van der Waals surface area (Å²) >= 11 is 0.